The number of ether oxygens (including phenoxy) is 1. The summed E-state index contributed by atoms with van der Waals surface area (Å²) in [6.45, 7) is 2.39. The highest BCUT2D eigenvalue weighted by Crippen LogP contribution is 2.24. The fourth-order valence-electron chi connectivity index (χ4n) is 1.46. The highest BCUT2D eigenvalue weighted by atomic mass is 19.1. The molecule has 0 aliphatic rings. The first-order valence-corrected chi connectivity index (χ1v) is 5.65. The van der Waals surface area contributed by atoms with Crippen molar-refractivity contribution in [1.29, 1.82) is 0 Å². The Morgan fingerprint density at radius 3 is 2.94 bits per heavy atom. The summed E-state index contributed by atoms with van der Waals surface area (Å²) >= 11 is 0. The normalized spacial score (nSPS) is 11.9. The van der Waals surface area contributed by atoms with E-state index in [0.717, 1.165) is 0 Å². The second-order valence-electron chi connectivity index (χ2n) is 3.90. The highest BCUT2D eigenvalue weighted by molar-refractivity contribution is 5.64. The average molecular weight is 256 g/mol. The van der Waals surface area contributed by atoms with Crippen molar-refractivity contribution >= 4 is 6.09 Å². The zero-order valence-corrected chi connectivity index (χ0v) is 10.1. The molecule has 0 aliphatic heterocycles. The Labute approximate surface area is 105 Å². The molecule has 0 aliphatic carbocycles. The van der Waals surface area contributed by atoms with Gasteiger partial charge in [-0.15, -0.1) is 0 Å². The minimum Gasteiger partial charge on any atom is -0.493 e. The maximum Gasteiger partial charge on any atom is 0.404 e. The molecule has 0 saturated heterocycles. The van der Waals surface area contributed by atoms with Gasteiger partial charge in [0.05, 0.1) is 6.61 Å². The largest absolute Gasteiger partial charge is 0.493 e. The van der Waals surface area contributed by atoms with Crippen LogP contribution in [0, 0.1) is 5.82 Å². The van der Waals surface area contributed by atoms with Gasteiger partial charge in [-0.25, -0.2) is 9.18 Å². The van der Waals surface area contributed by atoms with Gasteiger partial charge in [-0.05, 0) is 31.5 Å². The van der Waals surface area contributed by atoms with E-state index in [0.29, 0.717) is 30.9 Å². The Hall–Kier alpha value is -1.82. The molecule has 0 bridgehead atoms. The van der Waals surface area contributed by atoms with Crippen LogP contribution in [0.25, 0.3) is 0 Å². The molecule has 1 amide bonds. The zero-order chi connectivity index (χ0) is 13.5. The lowest BCUT2D eigenvalue weighted by Crippen LogP contribution is -2.23. The topological polar surface area (TPSA) is 84.6 Å². The summed E-state index contributed by atoms with van der Waals surface area (Å²) in [6.07, 6.45) is -0.532. The molecule has 100 valence electrons. The van der Waals surface area contributed by atoms with Crippen LogP contribution in [-0.2, 0) is 0 Å². The van der Waals surface area contributed by atoms with Crippen LogP contribution in [0.2, 0.25) is 0 Å². The van der Waals surface area contributed by atoms with Gasteiger partial charge < -0.3 is 20.9 Å². The van der Waals surface area contributed by atoms with Crippen molar-refractivity contribution in [3.63, 3.8) is 0 Å². The Balaban J connectivity index is 2.49. The van der Waals surface area contributed by atoms with E-state index in [1.54, 1.807) is 6.92 Å². The van der Waals surface area contributed by atoms with E-state index in [-0.39, 0.29) is 11.9 Å². The Morgan fingerprint density at radius 1 is 1.61 bits per heavy atom. The lowest BCUT2D eigenvalue weighted by Gasteiger charge is -2.14. The molecule has 1 aromatic rings. The Morgan fingerprint density at radius 2 is 2.33 bits per heavy atom. The van der Waals surface area contributed by atoms with Crippen molar-refractivity contribution in [3.8, 4) is 5.75 Å². The number of hydrogen-bond acceptors (Lipinski definition) is 3. The first-order valence-electron chi connectivity index (χ1n) is 5.65. The van der Waals surface area contributed by atoms with E-state index >= 15 is 0 Å². The number of benzene rings is 1. The van der Waals surface area contributed by atoms with E-state index in [1.165, 1.54) is 18.2 Å². The number of hydrogen-bond donors (Lipinski definition) is 3. The summed E-state index contributed by atoms with van der Waals surface area (Å²) in [4.78, 5) is 10.2. The van der Waals surface area contributed by atoms with Crippen LogP contribution >= 0.6 is 0 Å². The average Bonchev–Trinajstić information content (AvgIpc) is 2.29. The van der Waals surface area contributed by atoms with Gasteiger partial charge in [-0.3, -0.25) is 0 Å². The van der Waals surface area contributed by atoms with Crippen LogP contribution in [0.3, 0.4) is 0 Å². The Kier molecular flexibility index (Phi) is 5.38. The lowest BCUT2D eigenvalue weighted by molar-refractivity contribution is 0.193. The van der Waals surface area contributed by atoms with Crippen LogP contribution < -0.4 is 15.8 Å². The van der Waals surface area contributed by atoms with Gasteiger partial charge in [0.1, 0.15) is 11.6 Å². The van der Waals surface area contributed by atoms with Crippen molar-refractivity contribution in [3.05, 3.63) is 29.6 Å². The monoisotopic (exact) mass is 256 g/mol. The van der Waals surface area contributed by atoms with Crippen LogP contribution in [-0.4, -0.2) is 24.4 Å². The summed E-state index contributed by atoms with van der Waals surface area (Å²) in [5.41, 5.74) is 6.32. The molecule has 18 heavy (non-hydrogen) atoms. The van der Waals surface area contributed by atoms with Crippen LogP contribution in [0.5, 0.6) is 5.75 Å². The van der Waals surface area contributed by atoms with Gasteiger partial charge in [0.15, 0.2) is 0 Å². The molecule has 0 aromatic heterocycles. The maximum absolute atomic E-state index is 13.1. The molecule has 6 heteroatoms. The SMILES string of the molecule is CC(N)c1cc(F)ccc1OCCCNC(=O)O. The first kappa shape index (κ1) is 14.2. The van der Waals surface area contributed by atoms with Crippen molar-refractivity contribution in [1.82, 2.24) is 5.32 Å². The molecule has 0 spiro atoms. The first-order chi connectivity index (χ1) is 8.50. The van der Waals surface area contributed by atoms with Gasteiger partial charge in [0, 0.05) is 18.2 Å². The van der Waals surface area contributed by atoms with E-state index in [1.807, 2.05) is 0 Å². The molecule has 4 N–H and O–H groups in total. The molecule has 0 fully saturated rings. The van der Waals surface area contributed by atoms with Crippen LogP contribution in [0.15, 0.2) is 18.2 Å². The lowest BCUT2D eigenvalue weighted by atomic mass is 10.1. The molecule has 1 atom stereocenters. The second kappa shape index (κ2) is 6.80. The van der Waals surface area contributed by atoms with Crippen LogP contribution in [0.4, 0.5) is 9.18 Å². The predicted molar refractivity (Wildman–Crippen MR) is 65.1 cm³/mol. The number of carbonyl (C=O) groups is 1. The molecular weight excluding hydrogens is 239 g/mol. The predicted octanol–water partition coefficient (Wildman–Crippen LogP) is 1.88. The minimum absolute atomic E-state index is 0.310. The third-order valence-electron chi connectivity index (χ3n) is 2.32. The highest BCUT2D eigenvalue weighted by Gasteiger charge is 2.09. The smallest absolute Gasteiger partial charge is 0.404 e. The standard InChI is InChI=1S/C12H17FN2O3/c1-8(14)10-7-9(13)3-4-11(10)18-6-2-5-15-12(16)17/h3-4,7-8,15H,2,5-6,14H2,1H3,(H,16,17). The van der Waals surface area contributed by atoms with Crippen molar-refractivity contribution in [2.75, 3.05) is 13.2 Å². The van der Waals surface area contributed by atoms with E-state index in [4.69, 9.17) is 15.6 Å². The van der Waals surface area contributed by atoms with Crippen molar-refractivity contribution < 1.29 is 19.0 Å². The third-order valence-corrected chi connectivity index (χ3v) is 2.32. The second-order valence-corrected chi connectivity index (χ2v) is 3.90. The molecular formula is C12H17FN2O3. The quantitative estimate of drug-likeness (QED) is 0.678. The van der Waals surface area contributed by atoms with E-state index in [2.05, 4.69) is 5.32 Å². The van der Waals surface area contributed by atoms with Crippen molar-refractivity contribution in [2.45, 2.75) is 19.4 Å². The molecule has 0 radical (unpaired) electrons. The van der Waals surface area contributed by atoms with Crippen molar-refractivity contribution in [2.24, 2.45) is 5.73 Å². The molecule has 0 saturated carbocycles. The molecule has 1 aromatic carbocycles. The molecule has 0 heterocycles. The fraction of sp³-hybridized carbons (Fsp3) is 0.417. The number of amides is 1. The molecule has 5 nitrogen and oxygen atoms in total. The summed E-state index contributed by atoms with van der Waals surface area (Å²) in [5.74, 6) is 0.170. The Bertz CT molecular complexity index is 410. The number of nitrogens with one attached hydrogen (secondary N) is 1. The fourth-order valence-corrected chi connectivity index (χ4v) is 1.46. The van der Waals surface area contributed by atoms with Crippen LogP contribution in [0.1, 0.15) is 24.9 Å². The van der Waals surface area contributed by atoms with E-state index in [9.17, 15) is 9.18 Å². The number of halogens is 1. The van der Waals surface area contributed by atoms with Gasteiger partial charge >= 0.3 is 6.09 Å². The number of carboxylic acid groups (broad SMARTS) is 1. The van der Waals surface area contributed by atoms with Gasteiger partial charge in [-0.1, -0.05) is 0 Å². The maximum atomic E-state index is 13.1. The number of rotatable bonds is 6. The van der Waals surface area contributed by atoms with Gasteiger partial charge in [-0.2, -0.15) is 0 Å². The summed E-state index contributed by atoms with van der Waals surface area (Å²) in [6, 6.07) is 3.85. The molecule has 1 unspecified atom stereocenters. The summed E-state index contributed by atoms with van der Waals surface area (Å²) in [7, 11) is 0. The minimum atomic E-state index is -1.06. The summed E-state index contributed by atoms with van der Waals surface area (Å²) in [5, 5.41) is 10.6. The number of nitrogens with two attached hydrogens (primary N) is 1. The third kappa shape index (κ3) is 4.58. The van der Waals surface area contributed by atoms with Gasteiger partial charge in [0.2, 0.25) is 0 Å². The zero-order valence-electron chi connectivity index (χ0n) is 10.1. The molecule has 1 rings (SSSR count). The van der Waals surface area contributed by atoms with E-state index < -0.39 is 6.09 Å². The summed E-state index contributed by atoms with van der Waals surface area (Å²) < 4.78 is 18.5. The van der Waals surface area contributed by atoms with Gasteiger partial charge in [0.25, 0.3) is 0 Å².